The summed E-state index contributed by atoms with van der Waals surface area (Å²) in [5.74, 6) is 1.69. The van der Waals surface area contributed by atoms with E-state index in [1.165, 1.54) is 25.3 Å². The van der Waals surface area contributed by atoms with E-state index in [1.54, 1.807) is 13.8 Å². The van der Waals surface area contributed by atoms with E-state index in [-0.39, 0.29) is 35.6 Å². The highest BCUT2D eigenvalue weighted by Gasteiger charge is 2.54. The molecule has 4 fully saturated rings. The van der Waals surface area contributed by atoms with E-state index in [9.17, 15) is 9.18 Å². The highest BCUT2D eigenvalue weighted by atomic mass is 35.5. The number of nitrogens with one attached hydrogen (secondary N) is 1. The number of hydrogen-bond acceptors (Lipinski definition) is 4. The first-order valence-corrected chi connectivity index (χ1v) is 9.81. The average Bonchev–Trinajstić information content (AvgIpc) is 2.57. The largest absolute Gasteiger partial charge is 0.493 e. The molecule has 3 unspecified atom stereocenters. The molecule has 1 aromatic rings. The third-order valence-corrected chi connectivity index (χ3v) is 6.66. The summed E-state index contributed by atoms with van der Waals surface area (Å²) in [4.78, 5) is 13.0. The maximum Gasteiger partial charge on any atom is 0.263 e. The first-order valence-electron chi connectivity index (χ1n) is 9.81. The van der Waals surface area contributed by atoms with E-state index in [1.807, 2.05) is 0 Å². The molecule has 4 saturated carbocycles. The van der Waals surface area contributed by atoms with Crippen molar-refractivity contribution in [3.8, 4) is 11.5 Å². The Bertz CT molecular complexity index is 741. The van der Waals surface area contributed by atoms with Gasteiger partial charge in [-0.3, -0.25) is 4.79 Å². The topological polar surface area (TPSA) is 73.6 Å². The fourth-order valence-electron chi connectivity index (χ4n) is 5.70. The van der Waals surface area contributed by atoms with Crippen molar-refractivity contribution in [1.29, 1.82) is 0 Å². The van der Waals surface area contributed by atoms with Gasteiger partial charge in [0.1, 0.15) is 5.82 Å². The van der Waals surface area contributed by atoms with Crippen LogP contribution in [0.25, 0.3) is 0 Å². The molecule has 4 aliphatic rings. The highest BCUT2D eigenvalue weighted by molar-refractivity contribution is 5.85. The summed E-state index contributed by atoms with van der Waals surface area (Å²) in [5.41, 5.74) is 5.44. The van der Waals surface area contributed by atoms with Gasteiger partial charge >= 0.3 is 0 Å². The quantitative estimate of drug-likeness (QED) is 0.777. The second-order valence-corrected chi connectivity index (χ2v) is 9.24. The Morgan fingerprint density at radius 2 is 1.86 bits per heavy atom. The summed E-state index contributed by atoms with van der Waals surface area (Å²) < 4.78 is 24.5. The number of benzene rings is 1. The predicted molar refractivity (Wildman–Crippen MR) is 107 cm³/mol. The van der Waals surface area contributed by atoms with Gasteiger partial charge in [0.25, 0.3) is 5.91 Å². The van der Waals surface area contributed by atoms with Gasteiger partial charge in [-0.25, -0.2) is 4.39 Å². The molecule has 4 aliphatic carbocycles. The standard InChI is InChI=1S/C21H29FN2O3.ClH/c1-20(2,27-16-5-4-15(22)8-17(16)26-3)19(25)24-18-13-6-12-7-14(18)11-21(23,9-12)10-13;/h4-5,8,12-14,18H,6-7,9-11,23H2,1-3H3,(H,24,25);1H/t12?,13-,14+,18?,21?;. The van der Waals surface area contributed by atoms with Gasteiger partial charge < -0.3 is 20.5 Å². The number of halogens is 2. The van der Waals surface area contributed by atoms with E-state index >= 15 is 0 Å². The van der Waals surface area contributed by atoms with Gasteiger partial charge in [-0.1, -0.05) is 0 Å². The zero-order valence-electron chi connectivity index (χ0n) is 16.7. The van der Waals surface area contributed by atoms with Crippen molar-refractivity contribution in [2.45, 2.75) is 63.1 Å². The number of carbonyl (C=O) groups is 1. The summed E-state index contributed by atoms with van der Waals surface area (Å²) in [7, 11) is 1.45. The van der Waals surface area contributed by atoms with Crippen LogP contribution in [0.1, 0.15) is 46.0 Å². The number of rotatable bonds is 5. The molecule has 0 aliphatic heterocycles. The van der Waals surface area contributed by atoms with E-state index in [0.717, 1.165) is 32.1 Å². The monoisotopic (exact) mass is 412 g/mol. The van der Waals surface area contributed by atoms with Crippen molar-refractivity contribution in [3.63, 3.8) is 0 Å². The van der Waals surface area contributed by atoms with Crippen molar-refractivity contribution < 1.29 is 18.7 Å². The lowest BCUT2D eigenvalue weighted by Crippen LogP contribution is -2.66. The van der Waals surface area contributed by atoms with E-state index in [4.69, 9.17) is 15.2 Å². The molecule has 0 aromatic heterocycles. The summed E-state index contributed by atoms with van der Waals surface area (Å²) >= 11 is 0. The van der Waals surface area contributed by atoms with Crippen molar-refractivity contribution in [2.75, 3.05) is 7.11 Å². The van der Waals surface area contributed by atoms with Gasteiger partial charge in [0.15, 0.2) is 17.1 Å². The van der Waals surface area contributed by atoms with Crippen LogP contribution in [-0.4, -0.2) is 30.2 Å². The zero-order valence-corrected chi connectivity index (χ0v) is 17.5. The van der Waals surface area contributed by atoms with Crippen LogP contribution in [0.3, 0.4) is 0 Å². The van der Waals surface area contributed by atoms with Gasteiger partial charge in [-0.05, 0) is 75.8 Å². The average molecular weight is 413 g/mol. The summed E-state index contributed by atoms with van der Waals surface area (Å²) in [6, 6.07) is 4.21. The minimum atomic E-state index is -1.10. The first-order chi connectivity index (χ1) is 12.7. The molecule has 3 N–H and O–H groups in total. The third-order valence-electron chi connectivity index (χ3n) is 6.66. The molecule has 5 rings (SSSR count). The van der Waals surface area contributed by atoms with Crippen molar-refractivity contribution in [3.05, 3.63) is 24.0 Å². The Kier molecular flexibility index (Phi) is 5.58. The van der Waals surface area contributed by atoms with Crippen LogP contribution in [0.2, 0.25) is 0 Å². The summed E-state index contributed by atoms with van der Waals surface area (Å²) in [6.07, 6.45) is 5.45. The van der Waals surface area contributed by atoms with E-state index < -0.39 is 11.4 Å². The SMILES string of the molecule is COc1cc(F)ccc1OC(C)(C)C(=O)NC1[C@@H]2CC3C[C@H]1CC(N)(C3)C2.Cl. The lowest BCUT2D eigenvalue weighted by atomic mass is 9.51. The second kappa shape index (κ2) is 7.38. The number of carbonyl (C=O) groups excluding carboxylic acids is 1. The number of amides is 1. The van der Waals surface area contributed by atoms with Gasteiger partial charge in [0.05, 0.1) is 7.11 Å². The molecule has 1 aromatic carbocycles. The number of nitrogens with two attached hydrogens (primary N) is 1. The minimum absolute atomic E-state index is 0. The van der Waals surface area contributed by atoms with Gasteiger partial charge in [0, 0.05) is 17.6 Å². The first kappa shape index (κ1) is 21.2. The van der Waals surface area contributed by atoms with E-state index in [0.29, 0.717) is 23.5 Å². The summed E-state index contributed by atoms with van der Waals surface area (Å²) in [5, 5.41) is 3.25. The molecule has 0 heterocycles. The molecule has 156 valence electrons. The molecule has 1 amide bonds. The molecule has 5 nitrogen and oxygen atoms in total. The van der Waals surface area contributed by atoms with E-state index in [2.05, 4.69) is 5.32 Å². The molecule has 7 heteroatoms. The van der Waals surface area contributed by atoms with Crippen molar-refractivity contribution in [1.82, 2.24) is 5.32 Å². The molecule has 0 radical (unpaired) electrons. The van der Waals surface area contributed by atoms with Gasteiger partial charge in [-0.15, -0.1) is 12.4 Å². The normalized spacial score (nSPS) is 33.2. The van der Waals surface area contributed by atoms with Gasteiger partial charge in [0.2, 0.25) is 0 Å². The van der Waals surface area contributed by atoms with Crippen LogP contribution in [0.5, 0.6) is 11.5 Å². The van der Waals surface area contributed by atoms with Crippen LogP contribution in [0.15, 0.2) is 18.2 Å². The van der Waals surface area contributed by atoms with Crippen LogP contribution in [-0.2, 0) is 4.79 Å². The Morgan fingerprint density at radius 1 is 1.21 bits per heavy atom. The Labute approximate surface area is 171 Å². The number of ether oxygens (including phenoxy) is 2. The Balaban J connectivity index is 0.00000225. The van der Waals surface area contributed by atoms with Crippen LogP contribution >= 0.6 is 12.4 Å². The Morgan fingerprint density at radius 3 is 2.43 bits per heavy atom. The lowest BCUT2D eigenvalue weighted by molar-refractivity contribution is -0.138. The molecule has 0 spiro atoms. The maximum atomic E-state index is 13.4. The second-order valence-electron chi connectivity index (χ2n) is 9.24. The minimum Gasteiger partial charge on any atom is -0.493 e. The molecule has 28 heavy (non-hydrogen) atoms. The molecular formula is C21H30ClFN2O3. The van der Waals surface area contributed by atoms with Crippen LogP contribution in [0, 0.1) is 23.6 Å². The summed E-state index contributed by atoms with van der Waals surface area (Å²) in [6.45, 7) is 3.46. The predicted octanol–water partition coefficient (Wildman–Crippen LogP) is 3.44. The fraction of sp³-hybridized carbons (Fsp3) is 0.667. The van der Waals surface area contributed by atoms with Crippen LogP contribution in [0.4, 0.5) is 4.39 Å². The number of hydrogen-bond donors (Lipinski definition) is 2. The van der Waals surface area contributed by atoms with Crippen LogP contribution < -0.4 is 20.5 Å². The zero-order chi connectivity index (χ0) is 19.4. The highest BCUT2D eigenvalue weighted by Crippen LogP contribution is 2.54. The number of methoxy groups -OCH3 is 1. The Hall–Kier alpha value is -1.53. The maximum absolute atomic E-state index is 13.4. The lowest BCUT2D eigenvalue weighted by Gasteiger charge is -2.59. The molecular weight excluding hydrogens is 383 g/mol. The molecule has 4 bridgehead atoms. The molecule has 0 saturated heterocycles. The smallest absolute Gasteiger partial charge is 0.263 e. The van der Waals surface area contributed by atoms with Gasteiger partial charge in [-0.2, -0.15) is 0 Å². The molecule has 5 atom stereocenters. The van der Waals surface area contributed by atoms with Crippen molar-refractivity contribution >= 4 is 18.3 Å². The van der Waals surface area contributed by atoms with Crippen molar-refractivity contribution in [2.24, 2.45) is 23.5 Å². The third kappa shape index (κ3) is 3.81. The fourth-order valence-corrected chi connectivity index (χ4v) is 5.70.